The van der Waals surface area contributed by atoms with Crippen LogP contribution in [-0.2, 0) is 4.74 Å². The number of amides is 1. The van der Waals surface area contributed by atoms with Gasteiger partial charge in [-0.2, -0.15) is 0 Å². The molecule has 2 rings (SSSR count). The van der Waals surface area contributed by atoms with Crippen LogP contribution in [0.15, 0.2) is 18.2 Å². The summed E-state index contributed by atoms with van der Waals surface area (Å²) in [7, 11) is 1.51. The number of phenols is 1. The summed E-state index contributed by atoms with van der Waals surface area (Å²) < 4.78 is 9.89. The summed E-state index contributed by atoms with van der Waals surface area (Å²) in [6.45, 7) is 0.278. The number of hydrogen-bond donors (Lipinski definition) is 2. The zero-order valence-corrected chi connectivity index (χ0v) is 9.41. The molecule has 1 atom stereocenters. The number of alkyl carbamates (subject to hydrolysis) is 1. The minimum Gasteiger partial charge on any atom is -0.508 e. The summed E-state index contributed by atoms with van der Waals surface area (Å²) in [6, 6.07) is 4.53. The maximum Gasteiger partial charge on any atom is 0.407 e. The van der Waals surface area contributed by atoms with Crippen molar-refractivity contribution in [3.05, 3.63) is 23.8 Å². The highest BCUT2D eigenvalue weighted by molar-refractivity contribution is 5.85. The Morgan fingerprint density at radius 2 is 2.31 bits per heavy atom. The number of rotatable bonds is 2. The van der Waals surface area contributed by atoms with E-state index in [0.29, 0.717) is 5.75 Å². The van der Waals surface area contributed by atoms with Crippen LogP contribution in [-0.4, -0.2) is 24.9 Å². The zero-order valence-electron chi connectivity index (χ0n) is 8.60. The number of nitrogens with one attached hydrogen (secondary N) is 1. The number of carbonyl (C=O) groups is 1. The molecule has 1 heterocycles. The number of cyclic esters (lactones) is 1. The van der Waals surface area contributed by atoms with E-state index in [4.69, 9.17) is 9.47 Å². The molecule has 6 heteroatoms. The van der Waals surface area contributed by atoms with Crippen LogP contribution in [0.3, 0.4) is 0 Å². The second-order valence-corrected chi connectivity index (χ2v) is 3.22. The largest absolute Gasteiger partial charge is 0.508 e. The Morgan fingerprint density at radius 3 is 2.88 bits per heavy atom. The van der Waals surface area contributed by atoms with Crippen LogP contribution in [0.4, 0.5) is 4.79 Å². The molecule has 0 saturated carbocycles. The first-order valence-electron chi connectivity index (χ1n) is 4.51. The van der Waals surface area contributed by atoms with E-state index in [9.17, 15) is 9.90 Å². The molecule has 0 radical (unpaired) electrons. The first-order valence-corrected chi connectivity index (χ1v) is 4.51. The molecule has 0 unspecified atom stereocenters. The molecule has 16 heavy (non-hydrogen) atoms. The highest BCUT2D eigenvalue weighted by Crippen LogP contribution is 2.30. The van der Waals surface area contributed by atoms with Crippen LogP contribution in [0.5, 0.6) is 11.5 Å². The molecule has 0 spiro atoms. The normalized spacial score (nSPS) is 18.3. The summed E-state index contributed by atoms with van der Waals surface area (Å²) in [5.74, 6) is 0.659. The lowest BCUT2D eigenvalue weighted by Gasteiger charge is -2.12. The number of halogens is 1. The van der Waals surface area contributed by atoms with Crippen molar-refractivity contribution in [2.24, 2.45) is 0 Å². The highest BCUT2D eigenvalue weighted by atomic mass is 35.5. The Kier molecular flexibility index (Phi) is 3.84. The minimum atomic E-state index is -0.435. The lowest BCUT2D eigenvalue weighted by Crippen LogP contribution is -2.18. The SMILES string of the molecule is COc1cc(O)ccc1[C@@H]1COC(=O)N1.Cl. The van der Waals surface area contributed by atoms with Gasteiger partial charge in [0.25, 0.3) is 0 Å². The Hall–Kier alpha value is -1.62. The van der Waals surface area contributed by atoms with Gasteiger partial charge >= 0.3 is 6.09 Å². The Morgan fingerprint density at radius 1 is 1.56 bits per heavy atom. The van der Waals surface area contributed by atoms with Crippen molar-refractivity contribution < 1.29 is 19.4 Å². The summed E-state index contributed by atoms with van der Waals surface area (Å²) in [5, 5.41) is 11.9. The molecular formula is C10H12ClNO4. The fourth-order valence-electron chi connectivity index (χ4n) is 1.54. The van der Waals surface area contributed by atoms with Gasteiger partial charge in [0, 0.05) is 11.6 Å². The Labute approximate surface area is 98.8 Å². The quantitative estimate of drug-likeness (QED) is 0.831. The topological polar surface area (TPSA) is 67.8 Å². The number of benzene rings is 1. The van der Waals surface area contributed by atoms with Gasteiger partial charge in [0.1, 0.15) is 18.1 Å². The molecule has 1 aromatic carbocycles. The molecule has 5 nitrogen and oxygen atoms in total. The molecule has 1 aromatic rings. The predicted octanol–water partition coefficient (Wildman–Crippen LogP) is 1.60. The first kappa shape index (κ1) is 12.4. The van der Waals surface area contributed by atoms with Gasteiger partial charge in [-0.1, -0.05) is 0 Å². The average Bonchev–Trinajstić information content (AvgIpc) is 2.64. The van der Waals surface area contributed by atoms with E-state index in [2.05, 4.69) is 5.32 Å². The molecule has 1 saturated heterocycles. The van der Waals surface area contributed by atoms with Gasteiger partial charge < -0.3 is 19.9 Å². The molecular weight excluding hydrogens is 234 g/mol. The van der Waals surface area contributed by atoms with Crippen LogP contribution >= 0.6 is 12.4 Å². The van der Waals surface area contributed by atoms with Crippen LogP contribution in [0.25, 0.3) is 0 Å². The van der Waals surface area contributed by atoms with E-state index in [1.165, 1.54) is 13.2 Å². The van der Waals surface area contributed by atoms with Crippen LogP contribution in [0.2, 0.25) is 0 Å². The molecule has 0 bridgehead atoms. The standard InChI is InChI=1S/C10H11NO4.ClH/c1-14-9-4-6(12)2-3-7(9)8-5-15-10(13)11-8;/h2-4,8,12H,5H2,1H3,(H,11,13);1H/t8-;/m0./s1. The lowest BCUT2D eigenvalue weighted by molar-refractivity contribution is 0.177. The van der Waals surface area contributed by atoms with Crippen LogP contribution in [0.1, 0.15) is 11.6 Å². The van der Waals surface area contributed by atoms with Crippen molar-refractivity contribution in [1.29, 1.82) is 0 Å². The summed E-state index contributed by atoms with van der Waals surface area (Å²) in [4.78, 5) is 10.9. The van der Waals surface area contributed by atoms with E-state index in [-0.39, 0.29) is 30.8 Å². The first-order chi connectivity index (χ1) is 7.20. The summed E-state index contributed by atoms with van der Waals surface area (Å²) >= 11 is 0. The molecule has 0 aliphatic carbocycles. The second kappa shape index (κ2) is 4.94. The van der Waals surface area contributed by atoms with Crippen molar-refractivity contribution in [3.8, 4) is 11.5 Å². The minimum absolute atomic E-state index is 0. The third kappa shape index (κ3) is 2.30. The molecule has 88 valence electrons. The van der Waals surface area contributed by atoms with Gasteiger partial charge in [0.15, 0.2) is 0 Å². The van der Waals surface area contributed by atoms with Crippen molar-refractivity contribution in [1.82, 2.24) is 5.32 Å². The number of carbonyl (C=O) groups excluding carboxylic acids is 1. The van der Waals surface area contributed by atoms with Gasteiger partial charge in [-0.05, 0) is 12.1 Å². The molecule has 2 N–H and O–H groups in total. The molecule has 1 fully saturated rings. The second-order valence-electron chi connectivity index (χ2n) is 3.22. The smallest absolute Gasteiger partial charge is 0.407 e. The van der Waals surface area contributed by atoms with E-state index in [1.807, 2.05) is 0 Å². The Balaban J connectivity index is 0.00000128. The highest BCUT2D eigenvalue weighted by Gasteiger charge is 2.26. The van der Waals surface area contributed by atoms with Crippen molar-refractivity contribution in [2.45, 2.75) is 6.04 Å². The number of methoxy groups -OCH3 is 1. The van der Waals surface area contributed by atoms with Gasteiger partial charge in [-0.15, -0.1) is 12.4 Å². The zero-order chi connectivity index (χ0) is 10.8. The fourth-order valence-corrected chi connectivity index (χ4v) is 1.54. The van der Waals surface area contributed by atoms with E-state index in [1.54, 1.807) is 12.1 Å². The monoisotopic (exact) mass is 245 g/mol. The molecule has 0 aromatic heterocycles. The number of aromatic hydroxyl groups is 1. The van der Waals surface area contributed by atoms with Gasteiger partial charge in [-0.25, -0.2) is 4.79 Å². The maximum atomic E-state index is 10.9. The van der Waals surface area contributed by atoms with Crippen molar-refractivity contribution >= 4 is 18.5 Å². The molecule has 1 amide bonds. The van der Waals surface area contributed by atoms with Crippen LogP contribution in [0, 0.1) is 0 Å². The Bertz CT molecular complexity index is 396. The third-order valence-corrected chi connectivity index (χ3v) is 2.27. The van der Waals surface area contributed by atoms with Gasteiger partial charge in [0.05, 0.1) is 13.2 Å². The maximum absolute atomic E-state index is 10.9. The molecule has 1 aliphatic heterocycles. The van der Waals surface area contributed by atoms with Gasteiger partial charge in [0.2, 0.25) is 0 Å². The average molecular weight is 246 g/mol. The van der Waals surface area contributed by atoms with Crippen LogP contribution < -0.4 is 10.1 Å². The fraction of sp³-hybridized carbons (Fsp3) is 0.300. The summed E-state index contributed by atoms with van der Waals surface area (Å²) in [5.41, 5.74) is 0.793. The van der Waals surface area contributed by atoms with E-state index >= 15 is 0 Å². The van der Waals surface area contributed by atoms with Crippen molar-refractivity contribution in [3.63, 3.8) is 0 Å². The lowest BCUT2D eigenvalue weighted by atomic mass is 10.1. The number of hydrogen-bond acceptors (Lipinski definition) is 4. The van der Waals surface area contributed by atoms with Gasteiger partial charge in [-0.3, -0.25) is 0 Å². The molecule has 1 aliphatic rings. The predicted molar refractivity (Wildman–Crippen MR) is 59.1 cm³/mol. The van der Waals surface area contributed by atoms with E-state index < -0.39 is 6.09 Å². The third-order valence-electron chi connectivity index (χ3n) is 2.27. The number of ether oxygens (including phenoxy) is 2. The van der Waals surface area contributed by atoms with E-state index in [0.717, 1.165) is 5.56 Å². The number of phenolic OH excluding ortho intramolecular Hbond substituents is 1. The summed E-state index contributed by atoms with van der Waals surface area (Å²) in [6.07, 6.45) is -0.435. The van der Waals surface area contributed by atoms with Crippen molar-refractivity contribution in [2.75, 3.05) is 13.7 Å².